The quantitative estimate of drug-likeness (QED) is 0.703. The van der Waals surface area contributed by atoms with Gasteiger partial charge in [-0.15, -0.1) is 0 Å². The average molecular weight is 257 g/mol. The highest BCUT2D eigenvalue weighted by Crippen LogP contribution is 2.36. The van der Waals surface area contributed by atoms with Gasteiger partial charge in [-0.3, -0.25) is 9.59 Å². The van der Waals surface area contributed by atoms with Crippen molar-refractivity contribution in [3.05, 3.63) is 0 Å². The maximum atomic E-state index is 11.9. The van der Waals surface area contributed by atoms with Gasteiger partial charge in [0.2, 0.25) is 5.91 Å². The molecule has 18 heavy (non-hydrogen) atoms. The SMILES string of the molecule is CC1C[C@H](C(=O)NCCOC(C)C)[C@H](C(=O)O)C1. The van der Waals surface area contributed by atoms with Gasteiger partial charge in [0.05, 0.1) is 24.5 Å². The number of hydrogen-bond donors (Lipinski definition) is 2. The molecule has 0 bridgehead atoms. The van der Waals surface area contributed by atoms with Crippen molar-refractivity contribution in [1.82, 2.24) is 5.32 Å². The molecule has 1 fully saturated rings. The zero-order valence-electron chi connectivity index (χ0n) is 11.3. The molecule has 0 heterocycles. The lowest BCUT2D eigenvalue weighted by molar-refractivity contribution is -0.146. The first-order chi connectivity index (χ1) is 8.41. The molecule has 0 aromatic heterocycles. The van der Waals surface area contributed by atoms with Gasteiger partial charge in [0.25, 0.3) is 0 Å². The Hall–Kier alpha value is -1.10. The molecule has 1 rings (SSSR count). The average Bonchev–Trinajstić information content (AvgIpc) is 2.66. The number of hydrogen-bond acceptors (Lipinski definition) is 3. The van der Waals surface area contributed by atoms with E-state index in [9.17, 15) is 9.59 Å². The summed E-state index contributed by atoms with van der Waals surface area (Å²) in [6, 6.07) is 0. The molecule has 1 amide bonds. The van der Waals surface area contributed by atoms with E-state index in [0.717, 1.165) is 0 Å². The highest BCUT2D eigenvalue weighted by molar-refractivity contribution is 5.85. The second-order valence-electron chi connectivity index (χ2n) is 5.34. The van der Waals surface area contributed by atoms with E-state index in [-0.39, 0.29) is 12.0 Å². The Bertz CT molecular complexity index is 303. The fourth-order valence-electron chi connectivity index (χ4n) is 2.45. The van der Waals surface area contributed by atoms with Crippen LogP contribution in [-0.2, 0) is 14.3 Å². The monoisotopic (exact) mass is 257 g/mol. The standard InChI is InChI=1S/C13H23NO4/c1-8(2)18-5-4-14-12(15)10-6-9(3)7-11(10)13(16)17/h8-11H,4-7H2,1-3H3,(H,14,15)(H,16,17)/t9?,10-,11+/m0/s1. The summed E-state index contributed by atoms with van der Waals surface area (Å²) in [6.07, 6.45) is 1.39. The number of carboxylic acids is 1. The lowest BCUT2D eigenvalue weighted by atomic mass is 9.95. The summed E-state index contributed by atoms with van der Waals surface area (Å²) in [5.74, 6) is -1.65. The Morgan fingerprint density at radius 2 is 1.94 bits per heavy atom. The van der Waals surface area contributed by atoms with Crippen molar-refractivity contribution in [3.63, 3.8) is 0 Å². The third kappa shape index (κ3) is 4.29. The van der Waals surface area contributed by atoms with Gasteiger partial charge in [0.1, 0.15) is 0 Å². The first-order valence-corrected chi connectivity index (χ1v) is 6.54. The summed E-state index contributed by atoms with van der Waals surface area (Å²) in [6.45, 7) is 6.75. The molecule has 0 aromatic rings. The molecule has 0 radical (unpaired) electrons. The number of aliphatic carboxylic acids is 1. The van der Waals surface area contributed by atoms with E-state index in [1.165, 1.54) is 0 Å². The molecular weight excluding hydrogens is 234 g/mol. The van der Waals surface area contributed by atoms with Gasteiger partial charge < -0.3 is 15.2 Å². The van der Waals surface area contributed by atoms with Crippen LogP contribution in [0.4, 0.5) is 0 Å². The summed E-state index contributed by atoms with van der Waals surface area (Å²) in [4.78, 5) is 23.0. The van der Waals surface area contributed by atoms with Gasteiger partial charge in [0.15, 0.2) is 0 Å². The van der Waals surface area contributed by atoms with Gasteiger partial charge in [-0.1, -0.05) is 6.92 Å². The highest BCUT2D eigenvalue weighted by Gasteiger charge is 2.40. The lowest BCUT2D eigenvalue weighted by Gasteiger charge is -2.16. The van der Waals surface area contributed by atoms with Crippen LogP contribution in [0.25, 0.3) is 0 Å². The topological polar surface area (TPSA) is 75.6 Å². The van der Waals surface area contributed by atoms with Crippen LogP contribution in [0.3, 0.4) is 0 Å². The number of carboxylic acid groups (broad SMARTS) is 1. The zero-order chi connectivity index (χ0) is 13.7. The molecule has 1 aliphatic rings. The molecule has 0 saturated heterocycles. The maximum absolute atomic E-state index is 11.9. The number of amides is 1. The number of carbonyl (C=O) groups is 2. The van der Waals surface area contributed by atoms with Crippen molar-refractivity contribution in [2.24, 2.45) is 17.8 Å². The van der Waals surface area contributed by atoms with Gasteiger partial charge in [-0.2, -0.15) is 0 Å². The predicted molar refractivity (Wildman–Crippen MR) is 67.1 cm³/mol. The minimum atomic E-state index is -0.863. The molecule has 1 aliphatic carbocycles. The molecule has 5 nitrogen and oxygen atoms in total. The van der Waals surface area contributed by atoms with E-state index in [4.69, 9.17) is 9.84 Å². The minimum Gasteiger partial charge on any atom is -0.481 e. The molecule has 5 heteroatoms. The van der Waals surface area contributed by atoms with Crippen molar-refractivity contribution < 1.29 is 19.4 Å². The first kappa shape index (κ1) is 15.0. The Morgan fingerprint density at radius 3 is 2.50 bits per heavy atom. The second-order valence-corrected chi connectivity index (χ2v) is 5.34. The van der Waals surface area contributed by atoms with Gasteiger partial charge in [0, 0.05) is 6.54 Å². The van der Waals surface area contributed by atoms with Crippen LogP contribution in [0.1, 0.15) is 33.6 Å². The summed E-state index contributed by atoms with van der Waals surface area (Å²) in [7, 11) is 0. The molecule has 0 aliphatic heterocycles. The van der Waals surface area contributed by atoms with E-state index in [1.807, 2.05) is 20.8 Å². The fraction of sp³-hybridized carbons (Fsp3) is 0.846. The van der Waals surface area contributed by atoms with Crippen LogP contribution < -0.4 is 5.32 Å². The summed E-state index contributed by atoms with van der Waals surface area (Å²) >= 11 is 0. The van der Waals surface area contributed by atoms with Crippen LogP contribution in [0.15, 0.2) is 0 Å². The number of nitrogens with one attached hydrogen (secondary N) is 1. The molecule has 1 saturated carbocycles. The normalized spacial score (nSPS) is 27.4. The zero-order valence-corrected chi connectivity index (χ0v) is 11.3. The fourth-order valence-corrected chi connectivity index (χ4v) is 2.45. The first-order valence-electron chi connectivity index (χ1n) is 6.54. The van der Waals surface area contributed by atoms with Crippen LogP contribution >= 0.6 is 0 Å². The molecule has 0 aromatic carbocycles. The van der Waals surface area contributed by atoms with Gasteiger partial charge in [-0.25, -0.2) is 0 Å². The highest BCUT2D eigenvalue weighted by atomic mass is 16.5. The summed E-state index contributed by atoms with van der Waals surface area (Å²) < 4.78 is 5.32. The maximum Gasteiger partial charge on any atom is 0.307 e. The van der Waals surface area contributed by atoms with Crippen molar-refractivity contribution in [2.75, 3.05) is 13.2 Å². The van der Waals surface area contributed by atoms with Crippen molar-refractivity contribution in [1.29, 1.82) is 0 Å². The molecule has 1 unspecified atom stereocenters. The van der Waals surface area contributed by atoms with E-state index >= 15 is 0 Å². The van der Waals surface area contributed by atoms with Crippen LogP contribution in [-0.4, -0.2) is 36.2 Å². The minimum absolute atomic E-state index is 0.139. The van der Waals surface area contributed by atoms with E-state index in [2.05, 4.69) is 5.32 Å². The molecular formula is C13H23NO4. The van der Waals surface area contributed by atoms with E-state index < -0.39 is 17.8 Å². The number of rotatable bonds is 6. The van der Waals surface area contributed by atoms with Gasteiger partial charge in [-0.05, 0) is 32.6 Å². The van der Waals surface area contributed by atoms with E-state index in [0.29, 0.717) is 31.9 Å². The smallest absolute Gasteiger partial charge is 0.307 e. The molecule has 3 atom stereocenters. The molecule has 104 valence electrons. The largest absolute Gasteiger partial charge is 0.481 e. The summed E-state index contributed by atoms with van der Waals surface area (Å²) in [5, 5.41) is 11.8. The van der Waals surface area contributed by atoms with Gasteiger partial charge >= 0.3 is 5.97 Å². The van der Waals surface area contributed by atoms with Crippen LogP contribution in [0, 0.1) is 17.8 Å². The van der Waals surface area contributed by atoms with Crippen molar-refractivity contribution in [2.45, 2.75) is 39.7 Å². The molecule has 0 spiro atoms. The van der Waals surface area contributed by atoms with Crippen LogP contribution in [0.5, 0.6) is 0 Å². The Morgan fingerprint density at radius 1 is 1.33 bits per heavy atom. The van der Waals surface area contributed by atoms with Crippen molar-refractivity contribution in [3.8, 4) is 0 Å². The third-order valence-corrected chi connectivity index (χ3v) is 3.30. The Balaban J connectivity index is 2.38. The summed E-state index contributed by atoms with van der Waals surface area (Å²) in [5.41, 5.74) is 0. The molecule has 2 N–H and O–H groups in total. The second kappa shape index (κ2) is 6.73. The number of ether oxygens (including phenoxy) is 1. The Kier molecular flexibility index (Phi) is 5.59. The van der Waals surface area contributed by atoms with Crippen molar-refractivity contribution >= 4 is 11.9 Å². The Labute approximate surface area is 108 Å². The number of carbonyl (C=O) groups excluding carboxylic acids is 1. The predicted octanol–water partition coefficient (Wildman–Crippen LogP) is 1.27. The lowest BCUT2D eigenvalue weighted by Crippen LogP contribution is -2.37. The third-order valence-electron chi connectivity index (χ3n) is 3.30. The van der Waals surface area contributed by atoms with E-state index in [1.54, 1.807) is 0 Å². The van der Waals surface area contributed by atoms with Crippen LogP contribution in [0.2, 0.25) is 0 Å².